The molecule has 8 nitrogen and oxygen atoms in total. The fraction of sp³-hybridized carbons (Fsp3) is 0.250. The lowest BCUT2D eigenvalue weighted by Gasteiger charge is -2.25. The van der Waals surface area contributed by atoms with E-state index in [1.54, 1.807) is 10.6 Å². The van der Waals surface area contributed by atoms with Crippen LogP contribution in [0.15, 0.2) is 59.7 Å². The highest BCUT2D eigenvalue weighted by atomic mass is 32.2. The first kappa shape index (κ1) is 20.7. The fourth-order valence-corrected chi connectivity index (χ4v) is 3.96. The minimum absolute atomic E-state index is 0.0962. The molecule has 2 N–H and O–H groups in total. The van der Waals surface area contributed by atoms with E-state index >= 15 is 0 Å². The highest BCUT2D eigenvalue weighted by Gasteiger charge is 2.43. The van der Waals surface area contributed by atoms with Gasteiger partial charge >= 0.3 is 0 Å². The maximum atomic E-state index is 12.2. The van der Waals surface area contributed by atoms with Gasteiger partial charge < -0.3 is 4.57 Å². The van der Waals surface area contributed by atoms with Gasteiger partial charge in [0.15, 0.2) is 14.6 Å². The van der Waals surface area contributed by atoms with Gasteiger partial charge in [0.25, 0.3) is 11.5 Å². The fourth-order valence-electron chi connectivity index (χ4n) is 3.11. The summed E-state index contributed by atoms with van der Waals surface area (Å²) >= 11 is 0. The number of nitrogens with one attached hydrogen (secondary N) is 1. The molecule has 1 atom stereocenters. The van der Waals surface area contributed by atoms with Crippen molar-refractivity contribution >= 4 is 26.6 Å². The van der Waals surface area contributed by atoms with Crippen LogP contribution in [-0.2, 0) is 21.2 Å². The molecule has 3 rings (SSSR count). The van der Waals surface area contributed by atoms with Crippen LogP contribution in [0.3, 0.4) is 0 Å². The maximum Gasteiger partial charge on any atom is 0.280 e. The summed E-state index contributed by atoms with van der Waals surface area (Å²) in [6, 6.07) is 14.9. The van der Waals surface area contributed by atoms with Crippen LogP contribution < -0.4 is 11.0 Å². The predicted octanol–water partition coefficient (Wildman–Crippen LogP) is 1.76. The summed E-state index contributed by atoms with van der Waals surface area (Å²) in [6.45, 7) is 1.35. The van der Waals surface area contributed by atoms with Crippen molar-refractivity contribution in [3.8, 4) is 11.1 Å². The summed E-state index contributed by atoms with van der Waals surface area (Å²) in [4.78, 5) is 28.1. The van der Waals surface area contributed by atoms with E-state index < -0.39 is 26.1 Å². The highest BCUT2D eigenvalue weighted by molar-refractivity contribution is 7.92. The van der Waals surface area contributed by atoms with Gasteiger partial charge in [-0.1, -0.05) is 36.4 Å². The summed E-state index contributed by atoms with van der Waals surface area (Å²) in [7, 11) is -3.83. The molecule has 0 aliphatic heterocycles. The number of carbonyl (C=O) groups excluding carboxylic acids is 1. The topological polar surface area (TPSA) is 118 Å². The van der Waals surface area contributed by atoms with Crippen LogP contribution in [0, 0.1) is 0 Å². The van der Waals surface area contributed by atoms with E-state index in [2.05, 4.69) is 4.98 Å². The number of fused-ring (bicyclic) bond motifs is 1. The average molecular weight is 415 g/mol. The Kier molecular flexibility index (Phi) is 5.54. The minimum atomic E-state index is -3.83. The molecule has 0 saturated carbocycles. The third-order valence-electron chi connectivity index (χ3n) is 5.19. The van der Waals surface area contributed by atoms with Crippen LogP contribution in [0.2, 0.25) is 0 Å². The molecule has 0 aliphatic carbocycles. The molecule has 0 aliphatic rings. The first-order valence-electron chi connectivity index (χ1n) is 8.86. The van der Waals surface area contributed by atoms with Gasteiger partial charge in [-0.3, -0.25) is 14.8 Å². The number of hydrogen-bond acceptors (Lipinski definition) is 6. The van der Waals surface area contributed by atoms with Crippen LogP contribution in [0.4, 0.5) is 0 Å². The van der Waals surface area contributed by atoms with Gasteiger partial charge in [-0.15, -0.1) is 0 Å². The molecule has 152 valence electrons. The second-order valence-corrected chi connectivity index (χ2v) is 9.48. The normalized spacial score (nSPS) is 13.8. The number of rotatable bonds is 6. The minimum Gasteiger partial charge on any atom is -0.332 e. The number of amides is 1. The molecule has 2 aromatic carbocycles. The molecule has 0 radical (unpaired) electrons. The van der Waals surface area contributed by atoms with Crippen molar-refractivity contribution in [1.82, 2.24) is 15.0 Å². The lowest BCUT2D eigenvalue weighted by atomic mass is 10.0. The van der Waals surface area contributed by atoms with Crippen molar-refractivity contribution < 1.29 is 18.4 Å². The van der Waals surface area contributed by atoms with Crippen LogP contribution in [-0.4, -0.2) is 40.1 Å². The van der Waals surface area contributed by atoms with Crippen LogP contribution >= 0.6 is 0 Å². The van der Waals surface area contributed by atoms with Crippen LogP contribution in [0.25, 0.3) is 22.0 Å². The van der Waals surface area contributed by atoms with E-state index in [4.69, 9.17) is 5.21 Å². The maximum absolute atomic E-state index is 12.2. The van der Waals surface area contributed by atoms with Crippen molar-refractivity contribution in [3.63, 3.8) is 0 Å². The van der Waals surface area contributed by atoms with Crippen LogP contribution in [0.5, 0.6) is 0 Å². The number of carbonyl (C=O) groups is 1. The van der Waals surface area contributed by atoms with E-state index in [1.165, 1.54) is 18.7 Å². The molecule has 1 amide bonds. The molecule has 1 aromatic heterocycles. The molecule has 29 heavy (non-hydrogen) atoms. The number of aryl methyl sites for hydroxylation is 1. The quantitative estimate of drug-likeness (QED) is 0.468. The Morgan fingerprint density at radius 2 is 1.86 bits per heavy atom. The standard InChI is InChI=1S/C20H21N3O5S/c1-20(19(25)22-26,29(2,27)28)10-11-23-13-21-18(24)16-9-8-15(12-17(16)23)14-6-4-3-5-7-14/h3-9,12-13,26H,10-11H2,1-2H3,(H,22,25)/t20-/m1/s1. The van der Waals surface area contributed by atoms with E-state index in [-0.39, 0.29) is 13.0 Å². The summed E-state index contributed by atoms with van der Waals surface area (Å²) in [5.41, 5.74) is 3.46. The van der Waals surface area contributed by atoms with Crippen molar-refractivity contribution in [2.45, 2.75) is 24.6 Å². The molecule has 0 saturated heterocycles. The van der Waals surface area contributed by atoms with Crippen molar-refractivity contribution in [3.05, 3.63) is 65.2 Å². The molecule has 0 fully saturated rings. The third-order valence-corrected chi connectivity index (χ3v) is 7.22. The summed E-state index contributed by atoms with van der Waals surface area (Å²) in [5.74, 6) is -1.01. The predicted molar refractivity (Wildman–Crippen MR) is 109 cm³/mol. The number of hydrogen-bond donors (Lipinski definition) is 2. The molecule has 3 aromatic rings. The lowest BCUT2D eigenvalue weighted by molar-refractivity contribution is -0.131. The molecular formula is C20H21N3O5S. The molecule has 0 bridgehead atoms. The first-order chi connectivity index (χ1) is 13.7. The Morgan fingerprint density at radius 3 is 2.48 bits per heavy atom. The summed E-state index contributed by atoms with van der Waals surface area (Å²) in [6.07, 6.45) is 2.16. The number of hydroxylamine groups is 1. The number of benzene rings is 2. The van der Waals surface area contributed by atoms with Gasteiger partial charge in [0, 0.05) is 12.8 Å². The van der Waals surface area contributed by atoms with Gasteiger partial charge in [-0.05, 0) is 36.6 Å². The number of sulfone groups is 1. The molecule has 1 heterocycles. The average Bonchev–Trinajstić information content (AvgIpc) is 2.72. The van der Waals surface area contributed by atoms with Gasteiger partial charge in [0.05, 0.1) is 17.2 Å². The Hall–Kier alpha value is -3.04. The first-order valence-corrected chi connectivity index (χ1v) is 10.8. The zero-order chi connectivity index (χ0) is 21.2. The van der Waals surface area contributed by atoms with Crippen molar-refractivity contribution in [2.24, 2.45) is 0 Å². The van der Waals surface area contributed by atoms with Gasteiger partial charge in [0.1, 0.15) is 0 Å². The Bertz CT molecular complexity index is 1220. The van der Waals surface area contributed by atoms with Crippen molar-refractivity contribution in [1.29, 1.82) is 0 Å². The third kappa shape index (κ3) is 3.92. The van der Waals surface area contributed by atoms with Gasteiger partial charge in [-0.2, -0.15) is 4.98 Å². The SMILES string of the molecule is C[C@@](CCn1cnc(=O)c2ccc(-c3ccccc3)cc21)(C(=O)NO)S(C)(=O)=O. The Labute approximate surface area is 167 Å². The summed E-state index contributed by atoms with van der Waals surface area (Å²) < 4.78 is 24.2. The largest absolute Gasteiger partial charge is 0.332 e. The lowest BCUT2D eigenvalue weighted by Crippen LogP contribution is -2.49. The molecule has 0 spiro atoms. The van der Waals surface area contributed by atoms with Crippen LogP contribution in [0.1, 0.15) is 13.3 Å². The van der Waals surface area contributed by atoms with E-state index in [0.29, 0.717) is 10.9 Å². The monoisotopic (exact) mass is 415 g/mol. The van der Waals surface area contributed by atoms with Gasteiger partial charge in [-0.25, -0.2) is 13.9 Å². The summed E-state index contributed by atoms with van der Waals surface area (Å²) in [5, 5.41) is 9.37. The number of aromatic nitrogens is 2. The number of nitrogens with zero attached hydrogens (tertiary/aromatic N) is 2. The smallest absolute Gasteiger partial charge is 0.280 e. The molecular weight excluding hydrogens is 394 g/mol. The van der Waals surface area contributed by atoms with E-state index in [0.717, 1.165) is 17.4 Å². The molecule has 9 heteroatoms. The second kappa shape index (κ2) is 7.76. The second-order valence-electron chi connectivity index (χ2n) is 7.04. The van der Waals surface area contributed by atoms with Crippen molar-refractivity contribution in [2.75, 3.05) is 6.26 Å². The van der Waals surface area contributed by atoms with E-state index in [9.17, 15) is 18.0 Å². The Balaban J connectivity index is 2.06. The van der Waals surface area contributed by atoms with Gasteiger partial charge in [0.2, 0.25) is 0 Å². The highest BCUT2D eigenvalue weighted by Crippen LogP contribution is 2.25. The molecule has 0 unspecified atom stereocenters. The Morgan fingerprint density at radius 1 is 1.17 bits per heavy atom. The van der Waals surface area contributed by atoms with E-state index in [1.807, 2.05) is 42.5 Å². The zero-order valence-corrected chi connectivity index (χ0v) is 16.8. The zero-order valence-electron chi connectivity index (χ0n) is 16.0.